The Hall–Kier alpha value is -0.650. The minimum Gasteiger partial charge on any atom is -0.381 e. The van der Waals surface area contributed by atoms with Crippen LogP contribution in [0.15, 0.2) is 0 Å². The van der Waals surface area contributed by atoms with Gasteiger partial charge < -0.3 is 15.4 Å². The lowest BCUT2D eigenvalue weighted by molar-refractivity contribution is -0.136. The van der Waals surface area contributed by atoms with Crippen LogP contribution in [0.3, 0.4) is 0 Å². The highest BCUT2D eigenvalue weighted by atomic mass is 16.5. The average molecular weight is 297 g/mol. The number of likely N-dealkylation sites (tertiary alicyclic amines) is 2. The second-order valence-corrected chi connectivity index (χ2v) is 6.99. The van der Waals surface area contributed by atoms with Gasteiger partial charge in [0.1, 0.15) is 0 Å². The molecule has 2 heterocycles. The van der Waals surface area contributed by atoms with Crippen LogP contribution in [0.4, 0.5) is 0 Å². The fourth-order valence-corrected chi connectivity index (χ4v) is 3.87. The topological polar surface area (TPSA) is 58.8 Å². The number of carbonyl (C=O) groups excluding carboxylic acids is 1. The number of rotatable bonds is 4. The average Bonchev–Trinajstić information content (AvgIpc) is 2.46. The van der Waals surface area contributed by atoms with Gasteiger partial charge in [0, 0.05) is 39.3 Å². The molecule has 4 atom stereocenters. The molecule has 0 aromatic heterocycles. The third kappa shape index (κ3) is 4.41. The zero-order valence-corrected chi connectivity index (χ0v) is 13.8. The summed E-state index contributed by atoms with van der Waals surface area (Å²) in [7, 11) is 1.76. The normalized spacial score (nSPS) is 35.0. The van der Waals surface area contributed by atoms with E-state index in [1.165, 1.54) is 6.42 Å². The Balaban J connectivity index is 1.89. The van der Waals surface area contributed by atoms with Gasteiger partial charge in [-0.05, 0) is 31.1 Å². The first-order valence-corrected chi connectivity index (χ1v) is 8.28. The molecule has 2 saturated heterocycles. The summed E-state index contributed by atoms with van der Waals surface area (Å²) in [6.07, 6.45) is 3.45. The summed E-state index contributed by atoms with van der Waals surface area (Å²) in [5.41, 5.74) is 5.89. The van der Waals surface area contributed by atoms with Crippen molar-refractivity contribution in [2.75, 3.05) is 39.8 Å². The van der Waals surface area contributed by atoms with Crippen molar-refractivity contribution in [3.05, 3.63) is 0 Å². The van der Waals surface area contributed by atoms with E-state index in [1.807, 2.05) is 0 Å². The van der Waals surface area contributed by atoms with Crippen LogP contribution >= 0.6 is 0 Å². The first-order valence-electron chi connectivity index (χ1n) is 8.28. The highest BCUT2D eigenvalue weighted by Crippen LogP contribution is 2.23. The van der Waals surface area contributed by atoms with Gasteiger partial charge in [-0.1, -0.05) is 13.8 Å². The number of amides is 1. The molecule has 21 heavy (non-hydrogen) atoms. The molecule has 4 unspecified atom stereocenters. The van der Waals surface area contributed by atoms with Crippen LogP contribution in [0.1, 0.15) is 33.1 Å². The summed E-state index contributed by atoms with van der Waals surface area (Å²) in [5.74, 6) is 1.49. The van der Waals surface area contributed by atoms with Crippen LogP contribution in [-0.4, -0.2) is 67.7 Å². The van der Waals surface area contributed by atoms with Crippen molar-refractivity contribution in [2.45, 2.75) is 45.3 Å². The standard InChI is InChI=1S/C16H31N3O2/c1-12-6-13(2)10-19(9-12)16(20)11-18-5-4-15(21-3)7-14(18)8-17/h12-15H,4-11,17H2,1-3H3. The highest BCUT2D eigenvalue weighted by molar-refractivity contribution is 5.78. The number of methoxy groups -OCH3 is 1. The van der Waals surface area contributed by atoms with E-state index in [9.17, 15) is 4.79 Å². The van der Waals surface area contributed by atoms with Crippen LogP contribution < -0.4 is 5.73 Å². The zero-order chi connectivity index (χ0) is 15.4. The van der Waals surface area contributed by atoms with Crippen molar-refractivity contribution in [1.82, 2.24) is 9.80 Å². The number of nitrogens with zero attached hydrogens (tertiary/aromatic N) is 2. The zero-order valence-electron chi connectivity index (χ0n) is 13.8. The summed E-state index contributed by atoms with van der Waals surface area (Å²) >= 11 is 0. The van der Waals surface area contributed by atoms with Crippen LogP contribution in [0, 0.1) is 11.8 Å². The summed E-state index contributed by atoms with van der Waals surface area (Å²) < 4.78 is 5.44. The second kappa shape index (κ2) is 7.56. The Morgan fingerprint density at radius 2 is 1.90 bits per heavy atom. The monoisotopic (exact) mass is 297 g/mol. The molecule has 122 valence electrons. The summed E-state index contributed by atoms with van der Waals surface area (Å²) in [4.78, 5) is 16.9. The first kappa shape index (κ1) is 16.7. The number of carbonyl (C=O) groups is 1. The maximum atomic E-state index is 12.6. The maximum absolute atomic E-state index is 12.6. The molecule has 2 rings (SSSR count). The van der Waals surface area contributed by atoms with Crippen molar-refractivity contribution >= 4 is 5.91 Å². The van der Waals surface area contributed by atoms with Crippen LogP contribution in [-0.2, 0) is 9.53 Å². The molecular formula is C16H31N3O2. The quantitative estimate of drug-likeness (QED) is 0.838. The summed E-state index contributed by atoms with van der Waals surface area (Å²) in [6.45, 7) is 8.31. The summed E-state index contributed by atoms with van der Waals surface area (Å²) in [6, 6.07) is 0.271. The molecule has 2 aliphatic rings. The van der Waals surface area contributed by atoms with Crippen molar-refractivity contribution in [3.63, 3.8) is 0 Å². The fourth-order valence-electron chi connectivity index (χ4n) is 3.87. The molecule has 0 aromatic carbocycles. The smallest absolute Gasteiger partial charge is 0.236 e. The molecular weight excluding hydrogens is 266 g/mol. The Morgan fingerprint density at radius 3 is 2.48 bits per heavy atom. The number of hydrogen-bond donors (Lipinski definition) is 1. The Labute approximate surface area is 128 Å². The van der Waals surface area contributed by atoms with Crippen molar-refractivity contribution in [1.29, 1.82) is 0 Å². The maximum Gasteiger partial charge on any atom is 0.236 e. The van der Waals surface area contributed by atoms with Crippen LogP contribution in [0.2, 0.25) is 0 Å². The number of piperidine rings is 2. The van der Waals surface area contributed by atoms with Gasteiger partial charge in [0.2, 0.25) is 5.91 Å². The molecule has 5 heteroatoms. The van der Waals surface area contributed by atoms with E-state index < -0.39 is 0 Å². The van der Waals surface area contributed by atoms with Gasteiger partial charge in [-0.2, -0.15) is 0 Å². The van der Waals surface area contributed by atoms with Crippen LogP contribution in [0.5, 0.6) is 0 Å². The van der Waals surface area contributed by atoms with Crippen molar-refractivity contribution in [2.24, 2.45) is 17.6 Å². The number of hydrogen-bond acceptors (Lipinski definition) is 4. The lowest BCUT2D eigenvalue weighted by atomic mass is 9.92. The third-order valence-electron chi connectivity index (χ3n) is 4.95. The van der Waals surface area contributed by atoms with Crippen molar-refractivity contribution < 1.29 is 9.53 Å². The van der Waals surface area contributed by atoms with E-state index in [4.69, 9.17) is 10.5 Å². The molecule has 5 nitrogen and oxygen atoms in total. The molecule has 2 fully saturated rings. The van der Waals surface area contributed by atoms with Gasteiger partial charge >= 0.3 is 0 Å². The lowest BCUT2D eigenvalue weighted by Crippen LogP contribution is -2.53. The Bertz CT molecular complexity index is 340. The van der Waals surface area contributed by atoms with E-state index in [-0.39, 0.29) is 11.9 Å². The molecule has 1 amide bonds. The molecule has 0 radical (unpaired) electrons. The van der Waals surface area contributed by atoms with Gasteiger partial charge in [0.25, 0.3) is 0 Å². The molecule has 2 aliphatic heterocycles. The largest absolute Gasteiger partial charge is 0.381 e. The van der Waals surface area contributed by atoms with Gasteiger partial charge in [0.05, 0.1) is 12.6 Å². The van der Waals surface area contributed by atoms with E-state index in [2.05, 4.69) is 23.6 Å². The summed E-state index contributed by atoms with van der Waals surface area (Å²) in [5, 5.41) is 0. The van der Waals surface area contributed by atoms with E-state index in [0.717, 1.165) is 32.5 Å². The van der Waals surface area contributed by atoms with E-state index in [0.29, 0.717) is 31.0 Å². The van der Waals surface area contributed by atoms with Gasteiger partial charge in [-0.25, -0.2) is 0 Å². The molecule has 0 saturated carbocycles. The third-order valence-corrected chi connectivity index (χ3v) is 4.95. The number of ether oxygens (including phenoxy) is 1. The lowest BCUT2D eigenvalue weighted by Gasteiger charge is -2.40. The molecule has 0 spiro atoms. The minimum absolute atomic E-state index is 0.266. The Kier molecular flexibility index (Phi) is 6.02. The first-order chi connectivity index (χ1) is 10.0. The molecule has 2 N–H and O–H groups in total. The number of nitrogens with two attached hydrogens (primary N) is 1. The minimum atomic E-state index is 0.266. The van der Waals surface area contributed by atoms with Gasteiger partial charge in [-0.15, -0.1) is 0 Å². The van der Waals surface area contributed by atoms with Gasteiger partial charge in [0.15, 0.2) is 0 Å². The highest BCUT2D eigenvalue weighted by Gasteiger charge is 2.31. The Morgan fingerprint density at radius 1 is 1.24 bits per heavy atom. The second-order valence-electron chi connectivity index (χ2n) is 6.99. The SMILES string of the molecule is COC1CCN(CC(=O)N2CC(C)CC(C)C2)C(CN)C1. The predicted molar refractivity (Wildman–Crippen MR) is 84.0 cm³/mol. The van der Waals surface area contributed by atoms with E-state index >= 15 is 0 Å². The fraction of sp³-hybridized carbons (Fsp3) is 0.938. The molecule has 0 aliphatic carbocycles. The molecule has 0 bridgehead atoms. The predicted octanol–water partition coefficient (Wildman–Crippen LogP) is 0.929. The van der Waals surface area contributed by atoms with Gasteiger partial charge in [-0.3, -0.25) is 9.69 Å². The van der Waals surface area contributed by atoms with Crippen molar-refractivity contribution in [3.8, 4) is 0 Å². The van der Waals surface area contributed by atoms with E-state index in [1.54, 1.807) is 7.11 Å². The molecule has 0 aromatic rings. The van der Waals surface area contributed by atoms with Crippen LogP contribution in [0.25, 0.3) is 0 Å².